The molecule has 1 aromatic rings. The molecule has 0 aliphatic carbocycles. The van der Waals surface area contributed by atoms with Gasteiger partial charge in [-0.25, -0.2) is 0 Å². The summed E-state index contributed by atoms with van der Waals surface area (Å²) in [6.07, 6.45) is 2.52. The summed E-state index contributed by atoms with van der Waals surface area (Å²) >= 11 is 0. The molecule has 0 atom stereocenters. The molecule has 15 heavy (non-hydrogen) atoms. The van der Waals surface area contributed by atoms with Crippen LogP contribution in [0.4, 0.5) is 5.69 Å². The van der Waals surface area contributed by atoms with E-state index in [0.29, 0.717) is 5.92 Å². The molecule has 0 N–H and O–H groups in total. The summed E-state index contributed by atoms with van der Waals surface area (Å²) in [5.41, 5.74) is 2.84. The van der Waals surface area contributed by atoms with Crippen LogP contribution in [0.3, 0.4) is 0 Å². The second kappa shape index (κ2) is 5.79. The van der Waals surface area contributed by atoms with Crippen LogP contribution >= 0.6 is 0 Å². The summed E-state index contributed by atoms with van der Waals surface area (Å²) in [5.74, 6) is 0.602. The summed E-state index contributed by atoms with van der Waals surface area (Å²) in [7, 11) is 2.19. The minimum atomic E-state index is 0.602. The highest BCUT2D eigenvalue weighted by Crippen LogP contribution is 2.26. The lowest BCUT2D eigenvalue weighted by Crippen LogP contribution is -2.20. The van der Waals surface area contributed by atoms with Gasteiger partial charge in [-0.05, 0) is 24.0 Å². The molecule has 0 aliphatic rings. The van der Waals surface area contributed by atoms with E-state index in [0.717, 1.165) is 6.54 Å². The highest BCUT2D eigenvalue weighted by atomic mass is 15.1. The summed E-state index contributed by atoms with van der Waals surface area (Å²) in [6.45, 7) is 7.90. The fraction of sp³-hybridized carbons (Fsp3) is 0.571. The van der Waals surface area contributed by atoms with Crippen LogP contribution in [0.15, 0.2) is 24.3 Å². The minimum Gasteiger partial charge on any atom is -0.374 e. The molecule has 1 aromatic carbocycles. The zero-order valence-electron chi connectivity index (χ0n) is 10.5. The molecule has 0 fully saturated rings. The normalized spacial score (nSPS) is 10.7. The van der Waals surface area contributed by atoms with Crippen molar-refractivity contribution in [3.63, 3.8) is 0 Å². The van der Waals surface area contributed by atoms with E-state index < -0.39 is 0 Å². The smallest absolute Gasteiger partial charge is 0.0398 e. The van der Waals surface area contributed by atoms with Gasteiger partial charge in [0.1, 0.15) is 0 Å². The van der Waals surface area contributed by atoms with Gasteiger partial charge in [-0.1, -0.05) is 45.4 Å². The van der Waals surface area contributed by atoms with Crippen molar-refractivity contribution in [2.75, 3.05) is 18.5 Å². The second-order valence-corrected chi connectivity index (χ2v) is 4.49. The molecule has 0 unspecified atom stereocenters. The van der Waals surface area contributed by atoms with Crippen LogP contribution in [0.5, 0.6) is 0 Å². The van der Waals surface area contributed by atoms with Gasteiger partial charge < -0.3 is 4.90 Å². The maximum absolute atomic E-state index is 2.37. The third-order valence-corrected chi connectivity index (χ3v) is 2.82. The Morgan fingerprint density at radius 2 is 1.87 bits per heavy atom. The van der Waals surface area contributed by atoms with Crippen LogP contribution in [0, 0.1) is 0 Å². The van der Waals surface area contributed by atoms with Gasteiger partial charge in [-0.2, -0.15) is 0 Å². The number of hydrogen-bond acceptors (Lipinski definition) is 1. The number of benzene rings is 1. The van der Waals surface area contributed by atoms with Crippen molar-refractivity contribution in [2.24, 2.45) is 0 Å². The Kier molecular flexibility index (Phi) is 4.67. The van der Waals surface area contributed by atoms with Crippen molar-refractivity contribution in [3.05, 3.63) is 29.8 Å². The molecule has 0 bridgehead atoms. The highest BCUT2D eigenvalue weighted by molar-refractivity contribution is 5.54. The predicted octanol–water partition coefficient (Wildman–Crippen LogP) is 4.05. The molecule has 0 aromatic heterocycles. The van der Waals surface area contributed by atoms with Crippen molar-refractivity contribution >= 4 is 5.69 Å². The van der Waals surface area contributed by atoms with Crippen molar-refractivity contribution < 1.29 is 0 Å². The Balaban J connectivity index is 2.82. The SMILES string of the molecule is CCCCN(C)c1ccccc1C(C)C. The fourth-order valence-corrected chi connectivity index (χ4v) is 1.84. The number of anilines is 1. The monoisotopic (exact) mass is 205 g/mol. The third kappa shape index (κ3) is 3.26. The average molecular weight is 205 g/mol. The zero-order chi connectivity index (χ0) is 11.3. The molecule has 0 radical (unpaired) electrons. The van der Waals surface area contributed by atoms with E-state index in [-0.39, 0.29) is 0 Å². The van der Waals surface area contributed by atoms with Crippen LogP contribution in [0.2, 0.25) is 0 Å². The fourth-order valence-electron chi connectivity index (χ4n) is 1.84. The largest absolute Gasteiger partial charge is 0.374 e. The second-order valence-electron chi connectivity index (χ2n) is 4.49. The number of para-hydroxylation sites is 1. The molecular formula is C14H23N. The first-order chi connectivity index (χ1) is 7.16. The van der Waals surface area contributed by atoms with Gasteiger partial charge in [0.15, 0.2) is 0 Å². The van der Waals surface area contributed by atoms with Crippen molar-refractivity contribution in [1.82, 2.24) is 0 Å². The number of rotatable bonds is 5. The van der Waals surface area contributed by atoms with Gasteiger partial charge in [0.2, 0.25) is 0 Å². The highest BCUT2D eigenvalue weighted by Gasteiger charge is 2.08. The van der Waals surface area contributed by atoms with Gasteiger partial charge in [0.25, 0.3) is 0 Å². The quantitative estimate of drug-likeness (QED) is 0.701. The van der Waals surface area contributed by atoms with E-state index in [4.69, 9.17) is 0 Å². The van der Waals surface area contributed by atoms with Crippen LogP contribution < -0.4 is 4.90 Å². The maximum atomic E-state index is 2.37. The number of nitrogens with zero attached hydrogens (tertiary/aromatic N) is 1. The molecule has 0 spiro atoms. The van der Waals surface area contributed by atoms with E-state index in [9.17, 15) is 0 Å². The topological polar surface area (TPSA) is 3.24 Å². The summed E-state index contributed by atoms with van der Waals surface area (Å²) in [6, 6.07) is 8.73. The molecule has 1 rings (SSSR count). The molecule has 0 saturated heterocycles. The molecule has 1 heteroatoms. The number of hydrogen-bond donors (Lipinski definition) is 0. The van der Waals surface area contributed by atoms with Crippen LogP contribution in [-0.4, -0.2) is 13.6 Å². The average Bonchev–Trinajstić information content (AvgIpc) is 2.25. The molecule has 84 valence electrons. The summed E-state index contributed by atoms with van der Waals surface area (Å²) < 4.78 is 0. The summed E-state index contributed by atoms with van der Waals surface area (Å²) in [5, 5.41) is 0. The maximum Gasteiger partial charge on any atom is 0.0398 e. The molecule has 0 saturated carbocycles. The van der Waals surface area contributed by atoms with E-state index in [2.05, 4.69) is 57.0 Å². The zero-order valence-corrected chi connectivity index (χ0v) is 10.5. The predicted molar refractivity (Wildman–Crippen MR) is 68.7 cm³/mol. The Bertz CT molecular complexity index is 291. The van der Waals surface area contributed by atoms with E-state index in [1.54, 1.807) is 0 Å². The first-order valence-electron chi connectivity index (χ1n) is 5.96. The van der Waals surface area contributed by atoms with Crippen molar-refractivity contribution in [3.8, 4) is 0 Å². The lowest BCUT2D eigenvalue weighted by Gasteiger charge is -2.23. The lowest BCUT2D eigenvalue weighted by molar-refractivity contribution is 0.757. The lowest BCUT2D eigenvalue weighted by atomic mass is 10.0. The van der Waals surface area contributed by atoms with E-state index >= 15 is 0 Å². The molecule has 0 amide bonds. The Morgan fingerprint density at radius 1 is 1.20 bits per heavy atom. The Hall–Kier alpha value is -0.980. The van der Waals surface area contributed by atoms with Gasteiger partial charge in [-0.15, -0.1) is 0 Å². The van der Waals surface area contributed by atoms with Gasteiger partial charge in [0, 0.05) is 19.3 Å². The van der Waals surface area contributed by atoms with Crippen molar-refractivity contribution in [2.45, 2.75) is 39.5 Å². The van der Waals surface area contributed by atoms with Crippen LogP contribution in [-0.2, 0) is 0 Å². The molecule has 0 aliphatic heterocycles. The first-order valence-corrected chi connectivity index (χ1v) is 5.96. The van der Waals surface area contributed by atoms with E-state index in [1.807, 2.05) is 0 Å². The minimum absolute atomic E-state index is 0.602. The molecular weight excluding hydrogens is 182 g/mol. The van der Waals surface area contributed by atoms with Crippen molar-refractivity contribution in [1.29, 1.82) is 0 Å². The molecule has 1 nitrogen and oxygen atoms in total. The van der Waals surface area contributed by atoms with E-state index in [1.165, 1.54) is 24.1 Å². The van der Waals surface area contributed by atoms with Gasteiger partial charge >= 0.3 is 0 Å². The molecule has 0 heterocycles. The Labute approximate surface area is 94.1 Å². The van der Waals surface area contributed by atoms with Crippen LogP contribution in [0.1, 0.15) is 45.1 Å². The summed E-state index contributed by atoms with van der Waals surface area (Å²) in [4.78, 5) is 2.37. The standard InChI is InChI=1S/C14H23N/c1-5-6-11-15(4)14-10-8-7-9-13(14)12(2)3/h7-10,12H,5-6,11H2,1-4H3. The van der Waals surface area contributed by atoms with Crippen LogP contribution in [0.25, 0.3) is 0 Å². The third-order valence-electron chi connectivity index (χ3n) is 2.82. The van der Waals surface area contributed by atoms with Gasteiger partial charge in [-0.3, -0.25) is 0 Å². The number of unbranched alkanes of at least 4 members (excludes halogenated alkanes) is 1. The Morgan fingerprint density at radius 3 is 2.47 bits per heavy atom. The van der Waals surface area contributed by atoms with Gasteiger partial charge in [0.05, 0.1) is 0 Å². The first kappa shape index (κ1) is 12.1.